The Labute approximate surface area is 154 Å². The van der Waals surface area contributed by atoms with Crippen molar-refractivity contribution in [2.45, 2.75) is 0 Å². The lowest BCUT2D eigenvalue weighted by Gasteiger charge is -2.08. The number of fused-ring (bicyclic) bond motifs is 3. The van der Waals surface area contributed by atoms with Crippen molar-refractivity contribution >= 4 is 41.0 Å². The Bertz CT molecular complexity index is 1200. The monoisotopic (exact) mass is 358 g/mol. The SMILES string of the molecule is O=C(Nc1ccc2oc(=O)c3ccccc3c2c1)c1ccc(O[B]O)cc1. The molecule has 131 valence electrons. The number of hydrogen-bond donors (Lipinski definition) is 2. The predicted octanol–water partition coefficient (Wildman–Crippen LogP) is 3.10. The van der Waals surface area contributed by atoms with Gasteiger partial charge in [-0.2, -0.15) is 0 Å². The van der Waals surface area contributed by atoms with Crippen LogP contribution >= 0.6 is 0 Å². The first-order valence-corrected chi connectivity index (χ1v) is 8.15. The van der Waals surface area contributed by atoms with Gasteiger partial charge in [0.15, 0.2) is 0 Å². The van der Waals surface area contributed by atoms with Gasteiger partial charge in [0.2, 0.25) is 0 Å². The second-order valence-corrected chi connectivity index (χ2v) is 5.85. The van der Waals surface area contributed by atoms with Crippen LogP contribution in [0.15, 0.2) is 75.9 Å². The normalized spacial score (nSPS) is 10.7. The number of nitrogens with one attached hydrogen (secondary N) is 1. The number of rotatable bonds is 4. The summed E-state index contributed by atoms with van der Waals surface area (Å²) in [6.45, 7) is 0. The standard InChI is InChI=1S/C20H13BNO5/c23-19(12-5-8-14(9-6-12)27-21-25)22-13-7-10-18-17(11-13)15-3-1-2-4-16(15)20(24)26-18/h1-11,25H,(H,22,23). The fraction of sp³-hybridized carbons (Fsp3) is 0. The zero-order valence-electron chi connectivity index (χ0n) is 14.0. The molecule has 0 atom stereocenters. The van der Waals surface area contributed by atoms with Gasteiger partial charge in [-0.25, -0.2) is 4.79 Å². The topological polar surface area (TPSA) is 88.8 Å². The summed E-state index contributed by atoms with van der Waals surface area (Å²) in [6.07, 6.45) is 0. The second kappa shape index (κ2) is 6.97. The highest BCUT2D eigenvalue weighted by Gasteiger charge is 2.10. The van der Waals surface area contributed by atoms with Crippen molar-refractivity contribution in [1.29, 1.82) is 0 Å². The van der Waals surface area contributed by atoms with E-state index in [1.165, 1.54) is 0 Å². The molecule has 0 unspecified atom stereocenters. The molecule has 27 heavy (non-hydrogen) atoms. The van der Waals surface area contributed by atoms with E-state index in [2.05, 4.69) is 5.32 Å². The third kappa shape index (κ3) is 3.28. The number of carbonyl (C=O) groups is 1. The maximum absolute atomic E-state index is 12.5. The number of carbonyl (C=O) groups excluding carboxylic acids is 1. The van der Waals surface area contributed by atoms with Crippen LogP contribution in [0.2, 0.25) is 0 Å². The van der Waals surface area contributed by atoms with E-state index in [-0.39, 0.29) is 5.91 Å². The van der Waals surface area contributed by atoms with Crippen LogP contribution in [0.5, 0.6) is 5.75 Å². The summed E-state index contributed by atoms with van der Waals surface area (Å²) in [5.74, 6) is 0.122. The highest BCUT2D eigenvalue weighted by atomic mass is 16.5. The Balaban J connectivity index is 1.68. The van der Waals surface area contributed by atoms with E-state index < -0.39 is 5.63 Å². The van der Waals surface area contributed by atoms with Gasteiger partial charge in [-0.3, -0.25) is 4.79 Å². The van der Waals surface area contributed by atoms with Crippen LogP contribution in [0.3, 0.4) is 0 Å². The Morgan fingerprint density at radius 1 is 0.963 bits per heavy atom. The summed E-state index contributed by atoms with van der Waals surface area (Å²) in [5, 5.41) is 13.4. The first kappa shape index (κ1) is 16.9. The molecular formula is C20H13BNO5. The largest absolute Gasteiger partial charge is 0.569 e. The second-order valence-electron chi connectivity index (χ2n) is 5.85. The maximum Gasteiger partial charge on any atom is 0.569 e. The lowest BCUT2D eigenvalue weighted by molar-refractivity contribution is 0.102. The van der Waals surface area contributed by atoms with E-state index in [4.69, 9.17) is 14.1 Å². The van der Waals surface area contributed by atoms with Gasteiger partial charge in [0.05, 0.1) is 5.39 Å². The zero-order valence-corrected chi connectivity index (χ0v) is 14.0. The lowest BCUT2D eigenvalue weighted by atomic mass is 10.1. The molecule has 1 radical (unpaired) electrons. The van der Waals surface area contributed by atoms with Gasteiger partial charge in [-0.1, -0.05) is 18.2 Å². The van der Waals surface area contributed by atoms with Gasteiger partial charge >= 0.3 is 13.3 Å². The van der Waals surface area contributed by atoms with Crippen molar-refractivity contribution in [3.63, 3.8) is 0 Å². The highest BCUT2D eigenvalue weighted by molar-refractivity contribution is 6.17. The van der Waals surface area contributed by atoms with Gasteiger partial charge in [0.25, 0.3) is 5.91 Å². The quantitative estimate of drug-likeness (QED) is 0.332. The summed E-state index contributed by atoms with van der Waals surface area (Å²) >= 11 is 0. The van der Waals surface area contributed by atoms with Gasteiger partial charge < -0.3 is 19.4 Å². The van der Waals surface area contributed by atoms with E-state index in [1.807, 2.05) is 12.1 Å². The van der Waals surface area contributed by atoms with Crippen molar-refractivity contribution in [3.05, 3.63) is 82.7 Å². The Hall–Kier alpha value is -3.58. The molecule has 1 aromatic heterocycles. The summed E-state index contributed by atoms with van der Waals surface area (Å²) in [5.41, 5.74) is 1.08. The Morgan fingerprint density at radius 3 is 2.44 bits per heavy atom. The van der Waals surface area contributed by atoms with E-state index >= 15 is 0 Å². The van der Waals surface area contributed by atoms with Gasteiger partial charge in [0, 0.05) is 16.6 Å². The van der Waals surface area contributed by atoms with Crippen LogP contribution in [-0.4, -0.2) is 18.6 Å². The summed E-state index contributed by atoms with van der Waals surface area (Å²) in [7, 11) is 0.576. The average Bonchev–Trinajstić information content (AvgIpc) is 2.69. The molecule has 6 nitrogen and oxygen atoms in total. The number of hydrogen-bond acceptors (Lipinski definition) is 5. The molecule has 0 fully saturated rings. The first-order valence-electron chi connectivity index (χ1n) is 8.15. The summed E-state index contributed by atoms with van der Waals surface area (Å²) < 4.78 is 10.2. The number of benzene rings is 3. The zero-order chi connectivity index (χ0) is 18.8. The Morgan fingerprint density at radius 2 is 1.70 bits per heavy atom. The maximum atomic E-state index is 12.5. The van der Waals surface area contributed by atoms with Crippen LogP contribution < -0.4 is 15.6 Å². The summed E-state index contributed by atoms with van der Waals surface area (Å²) in [6, 6.07) is 18.6. The molecule has 0 aliphatic rings. The third-order valence-corrected chi connectivity index (χ3v) is 4.18. The predicted molar refractivity (Wildman–Crippen MR) is 103 cm³/mol. The minimum atomic E-state index is -0.391. The minimum Gasteiger partial charge on any atom is -0.537 e. The van der Waals surface area contributed by atoms with E-state index in [0.717, 1.165) is 10.8 Å². The lowest BCUT2D eigenvalue weighted by Crippen LogP contribution is -2.12. The Kier molecular flexibility index (Phi) is 4.36. The van der Waals surface area contributed by atoms with Crippen molar-refractivity contribution in [3.8, 4) is 5.75 Å². The van der Waals surface area contributed by atoms with Gasteiger partial charge in [-0.05, 0) is 53.9 Å². The molecule has 4 rings (SSSR count). The molecule has 0 aliphatic heterocycles. The molecule has 1 amide bonds. The summed E-state index contributed by atoms with van der Waals surface area (Å²) in [4.78, 5) is 24.5. The molecule has 0 saturated carbocycles. The third-order valence-electron chi connectivity index (χ3n) is 4.18. The molecule has 7 heteroatoms. The van der Waals surface area contributed by atoms with Crippen molar-refractivity contribution < 1.29 is 18.9 Å². The molecular weight excluding hydrogens is 345 g/mol. The van der Waals surface area contributed by atoms with Crippen LogP contribution in [0.4, 0.5) is 5.69 Å². The molecule has 4 aromatic rings. The number of amides is 1. The highest BCUT2D eigenvalue weighted by Crippen LogP contribution is 2.26. The van der Waals surface area contributed by atoms with Gasteiger partial charge in [0.1, 0.15) is 11.3 Å². The van der Waals surface area contributed by atoms with E-state index in [0.29, 0.717) is 35.7 Å². The molecule has 1 heterocycles. The van der Waals surface area contributed by atoms with E-state index in [9.17, 15) is 9.59 Å². The fourth-order valence-corrected chi connectivity index (χ4v) is 2.91. The van der Waals surface area contributed by atoms with Crippen LogP contribution in [0, 0.1) is 0 Å². The smallest absolute Gasteiger partial charge is 0.537 e. The van der Waals surface area contributed by atoms with Gasteiger partial charge in [-0.15, -0.1) is 0 Å². The minimum absolute atomic E-state index is 0.296. The van der Waals surface area contributed by atoms with E-state index in [1.54, 1.807) is 54.6 Å². The molecule has 0 spiro atoms. The average molecular weight is 358 g/mol. The fourth-order valence-electron chi connectivity index (χ4n) is 2.91. The number of anilines is 1. The van der Waals surface area contributed by atoms with Crippen LogP contribution in [0.25, 0.3) is 21.7 Å². The molecule has 0 saturated heterocycles. The van der Waals surface area contributed by atoms with Crippen molar-refractivity contribution in [2.24, 2.45) is 0 Å². The van der Waals surface area contributed by atoms with Crippen molar-refractivity contribution in [2.75, 3.05) is 5.32 Å². The first-order chi connectivity index (χ1) is 13.2. The van der Waals surface area contributed by atoms with Crippen LogP contribution in [0.1, 0.15) is 10.4 Å². The molecule has 3 aromatic carbocycles. The molecule has 0 aliphatic carbocycles. The van der Waals surface area contributed by atoms with Crippen LogP contribution in [-0.2, 0) is 0 Å². The molecule has 0 bridgehead atoms. The molecule has 2 N–H and O–H groups in total. The van der Waals surface area contributed by atoms with Crippen molar-refractivity contribution in [1.82, 2.24) is 0 Å².